The van der Waals surface area contributed by atoms with Gasteiger partial charge >= 0.3 is 0 Å². The number of carbonyl (C=O) groups is 2. The maximum atomic E-state index is 11.9. The maximum absolute atomic E-state index is 11.9. The minimum Gasteiger partial charge on any atom is -0.504 e. The van der Waals surface area contributed by atoms with Crippen molar-refractivity contribution in [3.8, 4) is 11.5 Å². The molecule has 4 heteroatoms. The van der Waals surface area contributed by atoms with Gasteiger partial charge in [-0.25, -0.2) is 0 Å². The van der Waals surface area contributed by atoms with Crippen LogP contribution in [0, 0.1) is 0 Å². The van der Waals surface area contributed by atoms with Crippen molar-refractivity contribution in [2.45, 2.75) is 6.42 Å². The lowest BCUT2D eigenvalue weighted by Gasteiger charge is -2.03. The summed E-state index contributed by atoms with van der Waals surface area (Å²) < 4.78 is 4.99. The Morgan fingerprint density at radius 3 is 2.55 bits per heavy atom. The number of carbonyl (C=O) groups excluding carboxylic acids is 2. The normalized spacial score (nSPS) is 10.6. The number of allylic oxidation sites excluding steroid dienone is 1. The van der Waals surface area contributed by atoms with Crippen molar-refractivity contribution < 1.29 is 19.4 Å². The predicted octanol–water partition coefficient (Wildman–Crippen LogP) is 3.26. The Labute approximate surface area is 128 Å². The van der Waals surface area contributed by atoms with E-state index < -0.39 is 0 Å². The molecule has 2 aromatic rings. The van der Waals surface area contributed by atoms with Crippen LogP contribution in [0.25, 0.3) is 6.08 Å². The zero-order valence-electron chi connectivity index (χ0n) is 12.2. The van der Waals surface area contributed by atoms with Crippen LogP contribution < -0.4 is 4.74 Å². The van der Waals surface area contributed by atoms with Gasteiger partial charge in [0.15, 0.2) is 23.1 Å². The molecule has 0 aliphatic heterocycles. The lowest BCUT2D eigenvalue weighted by Crippen LogP contribution is -2.05. The summed E-state index contributed by atoms with van der Waals surface area (Å²) in [5.74, 6) is -0.125. The summed E-state index contributed by atoms with van der Waals surface area (Å²) in [6.45, 7) is 0. The second kappa shape index (κ2) is 7.22. The Kier molecular flexibility index (Phi) is 5.09. The Balaban J connectivity index is 2.01. The van der Waals surface area contributed by atoms with Gasteiger partial charge in [-0.1, -0.05) is 42.5 Å². The largest absolute Gasteiger partial charge is 0.504 e. The molecule has 0 atom stereocenters. The third-order valence-corrected chi connectivity index (χ3v) is 3.10. The smallest absolute Gasteiger partial charge is 0.170 e. The molecule has 0 aromatic heterocycles. The molecular formula is C18H16O4. The van der Waals surface area contributed by atoms with E-state index in [-0.39, 0.29) is 23.7 Å². The molecule has 0 saturated heterocycles. The van der Waals surface area contributed by atoms with Crippen LogP contribution in [0.5, 0.6) is 11.5 Å². The number of phenols is 1. The predicted molar refractivity (Wildman–Crippen MR) is 84.1 cm³/mol. The van der Waals surface area contributed by atoms with Crippen molar-refractivity contribution in [2.24, 2.45) is 0 Å². The van der Waals surface area contributed by atoms with Crippen LogP contribution >= 0.6 is 0 Å². The van der Waals surface area contributed by atoms with Gasteiger partial charge in [0, 0.05) is 5.56 Å². The molecular weight excluding hydrogens is 280 g/mol. The van der Waals surface area contributed by atoms with Gasteiger partial charge in [-0.2, -0.15) is 0 Å². The molecule has 0 aliphatic carbocycles. The number of methoxy groups -OCH3 is 1. The van der Waals surface area contributed by atoms with Gasteiger partial charge in [-0.3, -0.25) is 9.59 Å². The highest BCUT2D eigenvalue weighted by atomic mass is 16.5. The van der Waals surface area contributed by atoms with Crippen molar-refractivity contribution in [1.29, 1.82) is 0 Å². The Morgan fingerprint density at radius 2 is 1.86 bits per heavy atom. The Hall–Kier alpha value is -2.88. The number of hydrogen-bond donors (Lipinski definition) is 1. The van der Waals surface area contributed by atoms with E-state index >= 15 is 0 Å². The molecule has 2 aromatic carbocycles. The number of hydrogen-bond acceptors (Lipinski definition) is 4. The Bertz CT molecular complexity index is 702. The molecule has 0 unspecified atom stereocenters. The van der Waals surface area contributed by atoms with Crippen molar-refractivity contribution in [3.05, 3.63) is 65.7 Å². The third kappa shape index (κ3) is 4.06. The molecule has 0 heterocycles. The molecule has 0 bridgehead atoms. The van der Waals surface area contributed by atoms with Crippen LogP contribution in [0.15, 0.2) is 54.6 Å². The zero-order valence-corrected chi connectivity index (χ0v) is 12.2. The summed E-state index contributed by atoms with van der Waals surface area (Å²) in [5.41, 5.74) is 1.23. The molecule has 2 rings (SSSR count). The lowest BCUT2D eigenvalue weighted by atomic mass is 10.1. The van der Waals surface area contributed by atoms with Gasteiger partial charge < -0.3 is 9.84 Å². The van der Waals surface area contributed by atoms with Crippen molar-refractivity contribution in [1.82, 2.24) is 0 Å². The van der Waals surface area contributed by atoms with Crippen LogP contribution in [0.3, 0.4) is 0 Å². The number of rotatable bonds is 6. The summed E-state index contributed by atoms with van der Waals surface area (Å²) in [4.78, 5) is 23.7. The average molecular weight is 296 g/mol. The number of aromatic hydroxyl groups is 1. The molecule has 22 heavy (non-hydrogen) atoms. The van der Waals surface area contributed by atoms with Gasteiger partial charge in [0.2, 0.25) is 0 Å². The van der Waals surface area contributed by atoms with Gasteiger partial charge in [-0.15, -0.1) is 0 Å². The van der Waals surface area contributed by atoms with E-state index in [0.29, 0.717) is 16.9 Å². The molecule has 0 spiro atoms. The summed E-state index contributed by atoms with van der Waals surface area (Å²) in [6, 6.07) is 13.5. The summed E-state index contributed by atoms with van der Waals surface area (Å²) in [6.07, 6.45) is 2.77. The van der Waals surface area contributed by atoms with E-state index in [1.165, 1.54) is 19.3 Å². The number of benzene rings is 2. The first kappa shape index (κ1) is 15.5. The fourth-order valence-electron chi connectivity index (χ4n) is 1.93. The van der Waals surface area contributed by atoms with E-state index in [2.05, 4.69) is 0 Å². The van der Waals surface area contributed by atoms with Crippen molar-refractivity contribution >= 4 is 17.6 Å². The van der Waals surface area contributed by atoms with Crippen LogP contribution in [0.2, 0.25) is 0 Å². The first-order valence-corrected chi connectivity index (χ1v) is 6.76. The van der Waals surface area contributed by atoms with E-state index in [4.69, 9.17) is 4.74 Å². The monoisotopic (exact) mass is 296 g/mol. The molecule has 0 saturated carbocycles. The minimum absolute atomic E-state index is 0.0326. The number of ether oxygens (including phenoxy) is 1. The molecule has 4 nitrogen and oxygen atoms in total. The van der Waals surface area contributed by atoms with Crippen LogP contribution in [0.4, 0.5) is 0 Å². The van der Waals surface area contributed by atoms with Gasteiger partial charge in [-0.05, 0) is 23.8 Å². The molecule has 112 valence electrons. The molecule has 0 aliphatic rings. The highest BCUT2D eigenvalue weighted by Crippen LogP contribution is 2.26. The van der Waals surface area contributed by atoms with Crippen molar-refractivity contribution in [3.63, 3.8) is 0 Å². The number of Topliss-reactive ketones (excluding diaryl/α,β-unsaturated/α-hetero) is 1. The van der Waals surface area contributed by atoms with Crippen LogP contribution in [0.1, 0.15) is 22.3 Å². The average Bonchev–Trinajstić information content (AvgIpc) is 2.55. The molecule has 0 amide bonds. The fourth-order valence-corrected chi connectivity index (χ4v) is 1.93. The number of phenolic OH excluding ortho intramolecular Hbond substituents is 1. The summed E-state index contributed by atoms with van der Waals surface area (Å²) >= 11 is 0. The molecule has 0 fully saturated rings. The van der Waals surface area contributed by atoms with Gasteiger partial charge in [0.05, 0.1) is 13.5 Å². The van der Waals surface area contributed by atoms with Gasteiger partial charge in [0.1, 0.15) is 0 Å². The van der Waals surface area contributed by atoms with Gasteiger partial charge in [0.25, 0.3) is 0 Å². The third-order valence-electron chi connectivity index (χ3n) is 3.10. The van der Waals surface area contributed by atoms with E-state index in [1.54, 1.807) is 42.5 Å². The second-order valence-corrected chi connectivity index (χ2v) is 4.70. The fraction of sp³-hybridized carbons (Fsp3) is 0.111. The van der Waals surface area contributed by atoms with E-state index in [0.717, 1.165) is 0 Å². The van der Waals surface area contributed by atoms with E-state index in [1.807, 2.05) is 6.07 Å². The second-order valence-electron chi connectivity index (χ2n) is 4.70. The van der Waals surface area contributed by atoms with E-state index in [9.17, 15) is 14.7 Å². The summed E-state index contributed by atoms with van der Waals surface area (Å²) in [5, 5.41) is 9.50. The quantitative estimate of drug-likeness (QED) is 0.505. The maximum Gasteiger partial charge on any atom is 0.170 e. The molecule has 0 radical (unpaired) electrons. The number of ketones is 2. The SMILES string of the molecule is COc1cc(C=CC(=O)CC(=O)c2ccccc2)ccc1O. The molecule has 1 N–H and O–H groups in total. The minimum atomic E-state index is -0.277. The lowest BCUT2D eigenvalue weighted by molar-refractivity contribution is -0.113. The highest BCUT2D eigenvalue weighted by molar-refractivity contribution is 6.12. The zero-order chi connectivity index (χ0) is 15.9. The van der Waals surface area contributed by atoms with Crippen molar-refractivity contribution in [2.75, 3.05) is 7.11 Å². The topological polar surface area (TPSA) is 63.6 Å². The first-order valence-electron chi connectivity index (χ1n) is 6.76. The first-order chi connectivity index (χ1) is 10.6. The van der Waals surface area contributed by atoms with Crippen LogP contribution in [-0.4, -0.2) is 23.8 Å². The van der Waals surface area contributed by atoms with Crippen LogP contribution in [-0.2, 0) is 4.79 Å². The highest BCUT2D eigenvalue weighted by Gasteiger charge is 2.09. The standard InChI is InChI=1S/C18H16O4/c1-22-18-11-13(8-10-16(18)20)7-9-15(19)12-17(21)14-5-3-2-4-6-14/h2-11,20H,12H2,1H3. The summed E-state index contributed by atoms with van der Waals surface area (Å²) in [7, 11) is 1.45. The Morgan fingerprint density at radius 1 is 1.14 bits per heavy atom.